The van der Waals surface area contributed by atoms with Gasteiger partial charge in [-0.15, -0.1) is 0 Å². The first kappa shape index (κ1) is 12.9. The highest BCUT2D eigenvalue weighted by Gasteiger charge is 2.08. The van der Waals surface area contributed by atoms with E-state index >= 15 is 0 Å². The number of ether oxygens (including phenoxy) is 1. The molecule has 0 saturated heterocycles. The minimum absolute atomic E-state index is 0.459. The van der Waals surface area contributed by atoms with Gasteiger partial charge in [0.25, 0.3) is 0 Å². The lowest BCUT2D eigenvalue weighted by molar-refractivity contribution is 0.190. The molecule has 0 aliphatic carbocycles. The molecule has 0 amide bonds. The van der Waals surface area contributed by atoms with Gasteiger partial charge in [-0.3, -0.25) is 0 Å². The molecular weight excluding hydrogens is 248 g/mol. The molecule has 0 spiro atoms. The summed E-state index contributed by atoms with van der Waals surface area (Å²) in [6, 6.07) is 15.0. The average molecular weight is 263 g/mol. The molecule has 18 heavy (non-hydrogen) atoms. The van der Waals surface area contributed by atoms with Gasteiger partial charge in [-0.2, -0.15) is 0 Å². The molecule has 0 aliphatic heterocycles. The Bertz CT molecular complexity index is 506. The Morgan fingerprint density at radius 3 is 2.44 bits per heavy atom. The van der Waals surface area contributed by atoms with Gasteiger partial charge in [0, 0.05) is 10.6 Å². The highest BCUT2D eigenvalue weighted by molar-refractivity contribution is 6.30. The number of hydrogen-bond acceptors (Lipinski definition) is 2. The first-order valence-corrected chi connectivity index (χ1v) is 6.19. The van der Waals surface area contributed by atoms with Crippen molar-refractivity contribution in [3.05, 3.63) is 64.7 Å². The van der Waals surface area contributed by atoms with E-state index in [9.17, 15) is 5.11 Å². The van der Waals surface area contributed by atoms with Crippen molar-refractivity contribution in [3.63, 3.8) is 0 Å². The van der Waals surface area contributed by atoms with E-state index in [1.54, 1.807) is 6.92 Å². The van der Waals surface area contributed by atoms with E-state index < -0.39 is 6.10 Å². The molecule has 0 unspecified atom stereocenters. The number of aliphatic hydroxyl groups is 1. The molecular formula is C15H15ClO2. The summed E-state index contributed by atoms with van der Waals surface area (Å²) in [5.74, 6) is 0.711. The summed E-state index contributed by atoms with van der Waals surface area (Å²) >= 11 is 5.82. The van der Waals surface area contributed by atoms with Crippen LogP contribution in [0.3, 0.4) is 0 Å². The zero-order chi connectivity index (χ0) is 13.0. The van der Waals surface area contributed by atoms with E-state index in [0.717, 1.165) is 11.1 Å². The molecule has 2 aromatic carbocycles. The summed E-state index contributed by atoms with van der Waals surface area (Å²) in [7, 11) is 0. The lowest BCUT2D eigenvalue weighted by atomic mass is 10.1. The lowest BCUT2D eigenvalue weighted by Crippen LogP contribution is -2.00. The molecule has 0 fully saturated rings. The molecule has 94 valence electrons. The van der Waals surface area contributed by atoms with Gasteiger partial charge in [0.2, 0.25) is 0 Å². The summed E-state index contributed by atoms with van der Waals surface area (Å²) in [6.45, 7) is 2.19. The Hall–Kier alpha value is -1.51. The second kappa shape index (κ2) is 5.89. The fourth-order valence-electron chi connectivity index (χ4n) is 1.70. The Labute approximate surface area is 112 Å². The third-order valence-corrected chi connectivity index (χ3v) is 2.93. The van der Waals surface area contributed by atoms with E-state index in [2.05, 4.69) is 0 Å². The van der Waals surface area contributed by atoms with Crippen molar-refractivity contribution in [2.45, 2.75) is 19.6 Å². The first-order valence-electron chi connectivity index (χ1n) is 5.81. The van der Waals surface area contributed by atoms with Crippen LogP contribution in [-0.4, -0.2) is 5.11 Å². The fraction of sp³-hybridized carbons (Fsp3) is 0.200. The van der Waals surface area contributed by atoms with Gasteiger partial charge in [-0.1, -0.05) is 41.9 Å². The van der Waals surface area contributed by atoms with Crippen molar-refractivity contribution in [2.24, 2.45) is 0 Å². The Morgan fingerprint density at radius 2 is 1.78 bits per heavy atom. The minimum Gasteiger partial charge on any atom is -0.489 e. The fourth-order valence-corrected chi connectivity index (χ4v) is 1.82. The topological polar surface area (TPSA) is 29.5 Å². The van der Waals surface area contributed by atoms with Crippen molar-refractivity contribution >= 4 is 11.6 Å². The van der Waals surface area contributed by atoms with Gasteiger partial charge in [-0.25, -0.2) is 0 Å². The summed E-state index contributed by atoms with van der Waals surface area (Å²) < 4.78 is 5.72. The Kier molecular flexibility index (Phi) is 4.24. The van der Waals surface area contributed by atoms with Crippen molar-refractivity contribution in [1.82, 2.24) is 0 Å². The molecule has 2 nitrogen and oxygen atoms in total. The van der Waals surface area contributed by atoms with Gasteiger partial charge in [0.15, 0.2) is 0 Å². The molecule has 1 atom stereocenters. The quantitative estimate of drug-likeness (QED) is 0.903. The maximum Gasteiger partial charge on any atom is 0.125 e. The van der Waals surface area contributed by atoms with Crippen LogP contribution < -0.4 is 4.74 Å². The molecule has 3 heteroatoms. The van der Waals surface area contributed by atoms with Gasteiger partial charge in [-0.05, 0) is 30.7 Å². The number of aliphatic hydroxyl groups excluding tert-OH is 1. The lowest BCUT2D eigenvalue weighted by Gasteiger charge is -2.13. The summed E-state index contributed by atoms with van der Waals surface area (Å²) in [4.78, 5) is 0. The maximum absolute atomic E-state index is 9.64. The minimum atomic E-state index is -0.536. The number of rotatable bonds is 4. The number of benzene rings is 2. The van der Waals surface area contributed by atoms with Crippen molar-refractivity contribution in [1.29, 1.82) is 0 Å². The van der Waals surface area contributed by atoms with Crippen LogP contribution in [0, 0.1) is 0 Å². The maximum atomic E-state index is 9.64. The van der Waals surface area contributed by atoms with Crippen LogP contribution in [0.1, 0.15) is 24.2 Å². The van der Waals surface area contributed by atoms with E-state index in [4.69, 9.17) is 16.3 Å². The van der Waals surface area contributed by atoms with Crippen molar-refractivity contribution in [2.75, 3.05) is 0 Å². The standard InChI is InChI=1S/C15H15ClO2/c1-11(17)14-4-2-3-5-15(14)18-10-12-6-8-13(16)9-7-12/h2-9,11,17H,10H2,1H3/t11-/m1/s1. The highest BCUT2D eigenvalue weighted by Crippen LogP contribution is 2.25. The largest absolute Gasteiger partial charge is 0.489 e. The van der Waals surface area contributed by atoms with Crippen LogP contribution in [0.4, 0.5) is 0 Å². The monoisotopic (exact) mass is 262 g/mol. The summed E-state index contributed by atoms with van der Waals surface area (Å²) in [6.07, 6.45) is -0.536. The zero-order valence-electron chi connectivity index (χ0n) is 10.1. The molecule has 0 radical (unpaired) electrons. The van der Waals surface area contributed by atoms with Gasteiger partial charge in [0.05, 0.1) is 6.10 Å². The van der Waals surface area contributed by atoms with Crippen LogP contribution in [0.15, 0.2) is 48.5 Å². The Morgan fingerprint density at radius 1 is 1.11 bits per heavy atom. The van der Waals surface area contributed by atoms with E-state index in [-0.39, 0.29) is 0 Å². The molecule has 0 heterocycles. The zero-order valence-corrected chi connectivity index (χ0v) is 10.9. The number of para-hydroxylation sites is 1. The van der Waals surface area contributed by atoms with Crippen LogP contribution in [0.5, 0.6) is 5.75 Å². The second-order valence-electron chi connectivity index (χ2n) is 4.13. The molecule has 1 N–H and O–H groups in total. The smallest absolute Gasteiger partial charge is 0.125 e. The van der Waals surface area contributed by atoms with Gasteiger partial charge >= 0.3 is 0 Å². The first-order chi connectivity index (χ1) is 8.66. The molecule has 0 bridgehead atoms. The number of halogens is 1. The van der Waals surface area contributed by atoms with Gasteiger partial charge in [0.1, 0.15) is 12.4 Å². The summed E-state index contributed by atoms with van der Waals surface area (Å²) in [5, 5.41) is 10.4. The Balaban J connectivity index is 2.08. The molecule has 2 rings (SSSR count). The molecule has 0 saturated carbocycles. The van der Waals surface area contributed by atoms with Gasteiger partial charge < -0.3 is 9.84 Å². The van der Waals surface area contributed by atoms with Crippen molar-refractivity contribution in [3.8, 4) is 5.75 Å². The van der Waals surface area contributed by atoms with Crippen LogP contribution in [0.25, 0.3) is 0 Å². The van der Waals surface area contributed by atoms with Crippen LogP contribution >= 0.6 is 11.6 Å². The van der Waals surface area contributed by atoms with Crippen LogP contribution in [-0.2, 0) is 6.61 Å². The molecule has 0 aliphatic rings. The predicted molar refractivity (Wildman–Crippen MR) is 72.9 cm³/mol. The van der Waals surface area contributed by atoms with E-state index in [1.807, 2.05) is 48.5 Å². The number of hydrogen-bond donors (Lipinski definition) is 1. The molecule has 0 aromatic heterocycles. The van der Waals surface area contributed by atoms with Crippen molar-refractivity contribution < 1.29 is 9.84 Å². The third kappa shape index (κ3) is 3.25. The predicted octanol–water partition coefficient (Wildman–Crippen LogP) is 3.97. The molecule has 2 aromatic rings. The average Bonchev–Trinajstić information content (AvgIpc) is 2.38. The normalized spacial score (nSPS) is 12.2. The SMILES string of the molecule is C[C@@H](O)c1ccccc1OCc1ccc(Cl)cc1. The second-order valence-corrected chi connectivity index (χ2v) is 4.57. The van der Waals surface area contributed by atoms with E-state index in [1.165, 1.54) is 0 Å². The third-order valence-electron chi connectivity index (χ3n) is 2.68. The van der Waals surface area contributed by atoms with Crippen LogP contribution in [0.2, 0.25) is 5.02 Å². The highest BCUT2D eigenvalue weighted by atomic mass is 35.5. The van der Waals surface area contributed by atoms with E-state index in [0.29, 0.717) is 17.4 Å². The summed E-state index contributed by atoms with van der Waals surface area (Å²) in [5.41, 5.74) is 1.84.